The molecule has 4 atom stereocenters. The van der Waals surface area contributed by atoms with Gasteiger partial charge in [-0.25, -0.2) is 0 Å². The summed E-state index contributed by atoms with van der Waals surface area (Å²) in [6, 6.07) is 3.92. The molecule has 1 aromatic rings. The average Bonchev–Trinajstić information content (AvgIpc) is 3.17. The number of benzene rings is 1. The lowest BCUT2D eigenvalue weighted by Gasteiger charge is -2.36. The maximum Gasteiger partial charge on any atom is 0.234 e. The molecule has 0 radical (unpaired) electrons. The summed E-state index contributed by atoms with van der Waals surface area (Å²) < 4.78 is 0. The number of carbonyl (C=O) groups excluding carboxylic acids is 2. The Labute approximate surface area is 227 Å². The number of phenolic OH excluding ortho intramolecular Hbond substituents is 1. The molecule has 0 spiro atoms. The number of phenols is 1. The number of nitrogens with zero attached hydrogens (tertiary/aromatic N) is 1. The SMILES string of the molecule is CCC1=C([C@H](O)CC/C(=C/c2cc(C)c(O)c(C)c2)CC)[C@H](CO)[C@@H]2C(=O)N(C3CCCCC3)C(=O)[C@@H]2C1. The smallest absolute Gasteiger partial charge is 0.234 e. The van der Waals surface area contributed by atoms with Crippen molar-refractivity contribution in [1.29, 1.82) is 0 Å². The Bertz CT molecular complexity index is 1090. The highest BCUT2D eigenvalue weighted by molar-refractivity contribution is 6.06. The molecule has 1 aliphatic heterocycles. The number of aliphatic hydroxyl groups is 2. The van der Waals surface area contributed by atoms with Gasteiger partial charge < -0.3 is 15.3 Å². The van der Waals surface area contributed by atoms with Crippen molar-refractivity contribution in [3.8, 4) is 5.75 Å². The minimum absolute atomic E-state index is 0.0171. The van der Waals surface area contributed by atoms with Crippen LogP contribution >= 0.6 is 0 Å². The van der Waals surface area contributed by atoms with E-state index in [-0.39, 0.29) is 24.5 Å². The lowest BCUT2D eigenvalue weighted by molar-refractivity contribution is -0.143. The minimum Gasteiger partial charge on any atom is -0.507 e. The molecule has 4 rings (SSSR count). The predicted octanol–water partition coefficient (Wildman–Crippen LogP) is 5.60. The molecule has 0 bridgehead atoms. The lowest BCUT2D eigenvalue weighted by atomic mass is 9.67. The van der Waals surface area contributed by atoms with E-state index < -0.39 is 23.9 Å². The van der Waals surface area contributed by atoms with Gasteiger partial charge in [-0.3, -0.25) is 14.5 Å². The van der Waals surface area contributed by atoms with E-state index >= 15 is 0 Å². The summed E-state index contributed by atoms with van der Waals surface area (Å²) in [5, 5.41) is 32.1. The summed E-state index contributed by atoms with van der Waals surface area (Å²) in [7, 11) is 0. The number of likely N-dealkylation sites (tertiary alicyclic amines) is 1. The molecule has 3 aliphatic rings. The maximum atomic E-state index is 13.6. The van der Waals surface area contributed by atoms with Crippen LogP contribution in [-0.2, 0) is 9.59 Å². The number of aryl methyl sites for hydroxylation is 2. The number of aromatic hydroxyl groups is 1. The summed E-state index contributed by atoms with van der Waals surface area (Å²) in [5.74, 6) is -1.39. The van der Waals surface area contributed by atoms with Crippen LogP contribution in [0.25, 0.3) is 6.08 Å². The lowest BCUT2D eigenvalue weighted by Crippen LogP contribution is -2.42. The first-order valence-corrected chi connectivity index (χ1v) is 14.6. The van der Waals surface area contributed by atoms with Crippen LogP contribution in [0, 0.1) is 31.6 Å². The van der Waals surface area contributed by atoms with Crippen molar-refractivity contribution in [2.24, 2.45) is 17.8 Å². The van der Waals surface area contributed by atoms with Gasteiger partial charge in [0.2, 0.25) is 11.8 Å². The first kappa shape index (κ1) is 28.6. The first-order chi connectivity index (χ1) is 18.2. The quantitative estimate of drug-likeness (QED) is 0.289. The highest BCUT2D eigenvalue weighted by Crippen LogP contribution is 2.48. The van der Waals surface area contributed by atoms with Crippen LogP contribution in [0.5, 0.6) is 5.75 Å². The molecule has 3 N–H and O–H groups in total. The van der Waals surface area contributed by atoms with E-state index in [2.05, 4.69) is 13.0 Å². The first-order valence-electron chi connectivity index (χ1n) is 14.6. The van der Waals surface area contributed by atoms with Gasteiger partial charge in [0.1, 0.15) is 5.75 Å². The van der Waals surface area contributed by atoms with Gasteiger partial charge in [0.15, 0.2) is 0 Å². The second-order valence-corrected chi connectivity index (χ2v) is 11.6. The third-order valence-corrected chi connectivity index (χ3v) is 9.22. The number of amides is 2. The molecule has 1 heterocycles. The Hall–Kier alpha value is -2.44. The molecule has 2 aliphatic carbocycles. The van der Waals surface area contributed by atoms with Crippen LogP contribution in [0.2, 0.25) is 0 Å². The van der Waals surface area contributed by atoms with E-state index in [1.165, 1.54) is 5.57 Å². The van der Waals surface area contributed by atoms with Crippen molar-refractivity contribution in [3.05, 3.63) is 45.5 Å². The third kappa shape index (κ3) is 5.48. The minimum atomic E-state index is -0.770. The Balaban J connectivity index is 1.54. The number of aliphatic hydroxyl groups excluding tert-OH is 2. The van der Waals surface area contributed by atoms with Crippen LogP contribution in [-0.4, -0.2) is 50.8 Å². The molecular weight excluding hydrogens is 478 g/mol. The fourth-order valence-electron chi connectivity index (χ4n) is 7.16. The van der Waals surface area contributed by atoms with Crippen molar-refractivity contribution in [2.75, 3.05) is 6.61 Å². The van der Waals surface area contributed by atoms with E-state index in [0.29, 0.717) is 31.4 Å². The number of carbonyl (C=O) groups is 2. The molecule has 6 nitrogen and oxygen atoms in total. The molecule has 1 aromatic carbocycles. The topological polar surface area (TPSA) is 98.1 Å². The van der Waals surface area contributed by atoms with Gasteiger partial charge in [-0.2, -0.15) is 0 Å². The summed E-state index contributed by atoms with van der Waals surface area (Å²) in [5.41, 5.74) is 5.71. The summed E-state index contributed by atoms with van der Waals surface area (Å²) in [4.78, 5) is 28.6. The molecular formula is C32H45NO5. The average molecular weight is 524 g/mol. The number of imide groups is 1. The highest BCUT2D eigenvalue weighted by atomic mass is 16.3. The monoisotopic (exact) mass is 523 g/mol. The van der Waals surface area contributed by atoms with Crippen LogP contribution in [0.4, 0.5) is 0 Å². The predicted molar refractivity (Wildman–Crippen MR) is 149 cm³/mol. The van der Waals surface area contributed by atoms with Gasteiger partial charge in [0.05, 0.1) is 24.5 Å². The molecule has 208 valence electrons. The van der Waals surface area contributed by atoms with Gasteiger partial charge in [-0.1, -0.05) is 50.3 Å². The molecule has 1 saturated heterocycles. The highest BCUT2D eigenvalue weighted by Gasteiger charge is 2.56. The van der Waals surface area contributed by atoms with E-state index in [1.807, 2.05) is 32.9 Å². The van der Waals surface area contributed by atoms with Crippen LogP contribution in [0.15, 0.2) is 28.9 Å². The fourth-order valence-corrected chi connectivity index (χ4v) is 7.16. The second-order valence-electron chi connectivity index (χ2n) is 11.6. The standard InChI is InChI=1S/C32H45NO5/c1-5-21(16-22-14-19(3)30(36)20(4)15-22)12-13-27(35)28-23(6-2)17-25-29(26(28)18-34)32(38)33(31(25)37)24-10-8-7-9-11-24/h14-16,24-27,29,34-36H,5-13,17-18H2,1-4H3/b21-16+/t25-,26+,27-,29-/m1/s1. The van der Waals surface area contributed by atoms with Crippen molar-refractivity contribution in [1.82, 2.24) is 4.90 Å². The second kappa shape index (κ2) is 12.2. The zero-order valence-electron chi connectivity index (χ0n) is 23.5. The van der Waals surface area contributed by atoms with Crippen LogP contribution in [0.1, 0.15) is 94.7 Å². The van der Waals surface area contributed by atoms with E-state index in [9.17, 15) is 24.9 Å². The van der Waals surface area contributed by atoms with Crippen molar-refractivity contribution in [3.63, 3.8) is 0 Å². The van der Waals surface area contributed by atoms with E-state index in [4.69, 9.17) is 0 Å². The van der Waals surface area contributed by atoms with Gasteiger partial charge >= 0.3 is 0 Å². The molecule has 1 saturated carbocycles. The molecule has 38 heavy (non-hydrogen) atoms. The fraction of sp³-hybridized carbons (Fsp3) is 0.625. The number of hydrogen-bond acceptors (Lipinski definition) is 5. The molecule has 2 fully saturated rings. The molecule has 0 aromatic heterocycles. The summed E-state index contributed by atoms with van der Waals surface area (Å²) in [6.07, 6.45) is 9.54. The van der Waals surface area contributed by atoms with Gasteiger partial charge in [-0.05, 0) is 93.2 Å². The maximum absolute atomic E-state index is 13.6. The zero-order valence-corrected chi connectivity index (χ0v) is 23.5. The number of rotatable bonds is 9. The van der Waals surface area contributed by atoms with Crippen molar-refractivity contribution >= 4 is 17.9 Å². The third-order valence-electron chi connectivity index (χ3n) is 9.22. The van der Waals surface area contributed by atoms with Crippen LogP contribution < -0.4 is 0 Å². The van der Waals surface area contributed by atoms with Crippen molar-refractivity contribution in [2.45, 2.75) is 104 Å². The summed E-state index contributed by atoms with van der Waals surface area (Å²) in [6.45, 7) is 7.67. The Morgan fingerprint density at radius 2 is 1.74 bits per heavy atom. The molecule has 6 heteroatoms. The van der Waals surface area contributed by atoms with E-state index in [0.717, 1.165) is 66.4 Å². The van der Waals surface area contributed by atoms with Crippen molar-refractivity contribution < 1.29 is 24.9 Å². The molecule has 0 unspecified atom stereocenters. The Morgan fingerprint density at radius 1 is 1.08 bits per heavy atom. The largest absolute Gasteiger partial charge is 0.507 e. The van der Waals surface area contributed by atoms with E-state index in [1.54, 1.807) is 4.90 Å². The number of hydrogen-bond donors (Lipinski definition) is 3. The van der Waals surface area contributed by atoms with Gasteiger partial charge in [-0.15, -0.1) is 0 Å². The summed E-state index contributed by atoms with van der Waals surface area (Å²) >= 11 is 0. The number of fused-ring (bicyclic) bond motifs is 1. The Morgan fingerprint density at radius 3 is 2.32 bits per heavy atom. The zero-order chi connectivity index (χ0) is 27.6. The van der Waals surface area contributed by atoms with Gasteiger partial charge in [0.25, 0.3) is 0 Å². The Kier molecular flexibility index (Phi) is 9.15. The number of allylic oxidation sites excluding steroid dienone is 2. The normalized spacial score (nSPS) is 25.8. The van der Waals surface area contributed by atoms with Gasteiger partial charge in [0, 0.05) is 12.0 Å². The van der Waals surface area contributed by atoms with Crippen LogP contribution in [0.3, 0.4) is 0 Å². The molecule has 2 amide bonds.